The van der Waals surface area contributed by atoms with Crippen LogP contribution in [0.4, 0.5) is 5.69 Å². The number of methoxy groups -OCH3 is 1. The highest BCUT2D eigenvalue weighted by Crippen LogP contribution is 2.52. The Hall–Kier alpha value is -3.16. The zero-order chi connectivity index (χ0) is 26.6. The molecule has 36 heavy (non-hydrogen) atoms. The van der Waals surface area contributed by atoms with Crippen molar-refractivity contribution in [1.29, 1.82) is 0 Å². The Balaban J connectivity index is 2.20. The lowest BCUT2D eigenvalue weighted by atomic mass is 9.82. The van der Waals surface area contributed by atoms with E-state index >= 15 is 0 Å². The SMILES string of the molecule is COC(=O)[C@@H](OC(C)(C)C)c1c(C)c2c(c(C)c1-c1ccc(C)cc1)-c1ccccc1S(=O)(=O)N2C. The summed E-state index contributed by atoms with van der Waals surface area (Å²) in [6.45, 7) is 11.5. The molecule has 7 heteroatoms. The summed E-state index contributed by atoms with van der Waals surface area (Å²) in [5, 5.41) is 0. The maximum atomic E-state index is 13.5. The zero-order valence-corrected chi connectivity index (χ0v) is 22.9. The average molecular weight is 508 g/mol. The summed E-state index contributed by atoms with van der Waals surface area (Å²) < 4.78 is 39.9. The lowest BCUT2D eigenvalue weighted by Gasteiger charge is -2.36. The van der Waals surface area contributed by atoms with E-state index in [1.807, 2.05) is 77.9 Å². The van der Waals surface area contributed by atoms with Gasteiger partial charge >= 0.3 is 5.97 Å². The smallest absolute Gasteiger partial charge is 0.339 e. The molecule has 0 fully saturated rings. The molecule has 0 bridgehead atoms. The van der Waals surface area contributed by atoms with Gasteiger partial charge in [0.2, 0.25) is 0 Å². The first kappa shape index (κ1) is 25.9. The first-order chi connectivity index (χ1) is 16.8. The van der Waals surface area contributed by atoms with Gasteiger partial charge in [0.25, 0.3) is 10.0 Å². The van der Waals surface area contributed by atoms with Crippen molar-refractivity contribution >= 4 is 21.7 Å². The number of benzene rings is 3. The van der Waals surface area contributed by atoms with Crippen LogP contribution in [-0.4, -0.2) is 34.1 Å². The summed E-state index contributed by atoms with van der Waals surface area (Å²) in [4.78, 5) is 13.5. The molecular formula is C29H33NO5S. The van der Waals surface area contributed by atoms with Gasteiger partial charge in [0.1, 0.15) is 0 Å². The van der Waals surface area contributed by atoms with Crippen molar-refractivity contribution in [3.63, 3.8) is 0 Å². The highest BCUT2D eigenvalue weighted by molar-refractivity contribution is 7.93. The molecule has 0 amide bonds. The highest BCUT2D eigenvalue weighted by atomic mass is 32.2. The Morgan fingerprint density at radius 1 is 0.917 bits per heavy atom. The molecule has 1 aliphatic heterocycles. The van der Waals surface area contributed by atoms with E-state index in [1.165, 1.54) is 11.4 Å². The van der Waals surface area contributed by atoms with Gasteiger partial charge < -0.3 is 9.47 Å². The number of hydrogen-bond donors (Lipinski definition) is 0. The van der Waals surface area contributed by atoms with Gasteiger partial charge in [-0.3, -0.25) is 4.31 Å². The molecule has 3 aromatic rings. The van der Waals surface area contributed by atoms with Gasteiger partial charge in [-0.05, 0) is 69.9 Å². The Morgan fingerprint density at radius 3 is 2.11 bits per heavy atom. The second kappa shape index (κ2) is 9.05. The van der Waals surface area contributed by atoms with Crippen LogP contribution in [0.5, 0.6) is 0 Å². The predicted molar refractivity (Wildman–Crippen MR) is 143 cm³/mol. The average Bonchev–Trinajstić information content (AvgIpc) is 2.82. The lowest BCUT2D eigenvalue weighted by molar-refractivity contribution is -0.164. The molecule has 6 nitrogen and oxygen atoms in total. The minimum Gasteiger partial charge on any atom is -0.467 e. The molecule has 0 N–H and O–H groups in total. The van der Waals surface area contributed by atoms with Crippen LogP contribution in [0.2, 0.25) is 0 Å². The Labute approximate surface area is 213 Å². The van der Waals surface area contributed by atoms with Gasteiger partial charge in [0.15, 0.2) is 6.10 Å². The van der Waals surface area contributed by atoms with Crippen molar-refractivity contribution in [3.05, 3.63) is 70.8 Å². The van der Waals surface area contributed by atoms with Crippen molar-refractivity contribution in [3.8, 4) is 22.3 Å². The van der Waals surface area contributed by atoms with Crippen molar-refractivity contribution in [2.75, 3.05) is 18.5 Å². The maximum Gasteiger partial charge on any atom is 0.339 e. The molecule has 1 aliphatic rings. The van der Waals surface area contributed by atoms with Crippen LogP contribution < -0.4 is 4.31 Å². The van der Waals surface area contributed by atoms with E-state index in [1.54, 1.807) is 19.2 Å². The summed E-state index contributed by atoms with van der Waals surface area (Å²) in [5.74, 6) is -0.539. The number of rotatable bonds is 4. The van der Waals surface area contributed by atoms with Crippen LogP contribution in [0.25, 0.3) is 22.3 Å². The summed E-state index contributed by atoms with van der Waals surface area (Å²) in [7, 11) is -0.891. The molecule has 0 radical (unpaired) electrons. The van der Waals surface area contributed by atoms with Gasteiger partial charge in [-0.25, -0.2) is 13.2 Å². The van der Waals surface area contributed by atoms with Crippen molar-refractivity contribution in [2.45, 2.75) is 58.1 Å². The molecule has 0 spiro atoms. The topological polar surface area (TPSA) is 72.9 Å². The van der Waals surface area contributed by atoms with Gasteiger partial charge in [0.05, 0.1) is 23.3 Å². The molecule has 0 saturated heterocycles. The number of aryl methyl sites for hydroxylation is 1. The number of anilines is 1. The standard InChI is InChI=1S/C29H33NO5S/c1-17-13-15-20(16-14-17)23-18(2)24-21-11-9-10-12-22(21)36(32,33)30(7)26(24)19(3)25(23)27(28(31)34-8)35-29(4,5)6/h9-16,27H,1-8H3/t27-/m0/s1. The van der Waals surface area contributed by atoms with Gasteiger partial charge in [-0.15, -0.1) is 0 Å². The van der Waals surface area contributed by atoms with Crippen molar-refractivity contribution < 1.29 is 22.7 Å². The first-order valence-electron chi connectivity index (χ1n) is 11.9. The summed E-state index contributed by atoms with van der Waals surface area (Å²) in [6, 6.07) is 15.1. The Morgan fingerprint density at radius 2 is 1.53 bits per heavy atom. The third kappa shape index (κ3) is 4.20. The van der Waals surface area contributed by atoms with Gasteiger partial charge in [-0.2, -0.15) is 0 Å². The van der Waals surface area contributed by atoms with E-state index < -0.39 is 27.7 Å². The molecule has 3 aromatic carbocycles. The number of sulfonamides is 1. The number of ether oxygens (including phenoxy) is 2. The number of carbonyl (C=O) groups excluding carboxylic acids is 1. The molecule has 0 aliphatic carbocycles. The van der Waals surface area contributed by atoms with E-state index in [9.17, 15) is 13.2 Å². The summed E-state index contributed by atoms with van der Waals surface area (Å²) >= 11 is 0. The van der Waals surface area contributed by atoms with E-state index in [4.69, 9.17) is 9.47 Å². The largest absolute Gasteiger partial charge is 0.467 e. The van der Waals surface area contributed by atoms with Gasteiger partial charge in [-0.1, -0.05) is 48.0 Å². The number of hydrogen-bond acceptors (Lipinski definition) is 5. The predicted octanol–water partition coefficient (Wildman–Crippen LogP) is 6.11. The van der Waals surface area contributed by atoms with Crippen LogP contribution in [-0.2, 0) is 24.3 Å². The molecule has 1 heterocycles. The molecule has 4 rings (SSSR count). The number of carbonyl (C=O) groups is 1. The summed E-state index contributed by atoms with van der Waals surface area (Å²) in [6.07, 6.45) is -1.05. The molecule has 0 aromatic heterocycles. The molecular weight excluding hydrogens is 474 g/mol. The zero-order valence-electron chi connectivity index (χ0n) is 22.1. The van der Waals surface area contributed by atoms with E-state index in [2.05, 4.69) is 0 Å². The Kier molecular flexibility index (Phi) is 6.52. The number of esters is 1. The third-order valence-electron chi connectivity index (χ3n) is 6.61. The molecule has 0 unspecified atom stereocenters. The monoisotopic (exact) mass is 507 g/mol. The molecule has 190 valence electrons. The third-order valence-corrected chi connectivity index (χ3v) is 8.43. The second-order valence-corrected chi connectivity index (χ2v) is 12.2. The van der Waals surface area contributed by atoms with Crippen LogP contribution in [0.3, 0.4) is 0 Å². The quantitative estimate of drug-likeness (QED) is 0.398. The Bertz CT molecular complexity index is 1450. The van der Waals surface area contributed by atoms with Crippen LogP contribution in [0.1, 0.15) is 49.1 Å². The van der Waals surface area contributed by atoms with Crippen molar-refractivity contribution in [2.24, 2.45) is 0 Å². The maximum absolute atomic E-state index is 13.5. The van der Waals surface area contributed by atoms with Crippen LogP contribution >= 0.6 is 0 Å². The first-order valence-corrected chi connectivity index (χ1v) is 13.3. The molecule has 0 saturated carbocycles. The van der Waals surface area contributed by atoms with Crippen LogP contribution in [0.15, 0.2) is 53.4 Å². The highest BCUT2D eigenvalue weighted by Gasteiger charge is 2.40. The fourth-order valence-corrected chi connectivity index (χ4v) is 6.46. The molecule has 1 atom stereocenters. The van der Waals surface area contributed by atoms with E-state index in [0.29, 0.717) is 22.4 Å². The second-order valence-electron chi connectivity index (χ2n) is 10.2. The fourth-order valence-electron chi connectivity index (χ4n) is 5.00. The van der Waals surface area contributed by atoms with E-state index in [-0.39, 0.29) is 4.90 Å². The fraction of sp³-hybridized carbons (Fsp3) is 0.345. The lowest BCUT2D eigenvalue weighted by Crippen LogP contribution is -2.33. The minimum absolute atomic E-state index is 0.264. The van der Waals surface area contributed by atoms with E-state index in [0.717, 1.165) is 27.8 Å². The van der Waals surface area contributed by atoms with Crippen molar-refractivity contribution in [1.82, 2.24) is 0 Å². The van der Waals surface area contributed by atoms with Crippen LogP contribution in [0, 0.1) is 20.8 Å². The number of nitrogens with zero attached hydrogens (tertiary/aromatic N) is 1. The minimum atomic E-state index is -3.78. The van der Waals surface area contributed by atoms with Gasteiger partial charge in [0, 0.05) is 23.7 Å². The number of fused-ring (bicyclic) bond motifs is 3. The normalized spacial score (nSPS) is 15.2. The summed E-state index contributed by atoms with van der Waals surface area (Å²) in [5.41, 5.74) is 6.37.